The average molecular weight is 457 g/mol. The van der Waals surface area contributed by atoms with Crippen LogP contribution in [0.5, 0.6) is 5.75 Å². The summed E-state index contributed by atoms with van der Waals surface area (Å²) < 4.78 is 5.78. The Morgan fingerprint density at radius 2 is 1.90 bits per heavy atom. The number of aliphatic hydroxyl groups excluding tert-OH is 1. The predicted octanol–water partition coefficient (Wildman–Crippen LogP) is 3.31. The molecule has 1 aliphatic heterocycles. The standard InChI is InChI=1S/C23H24N2O4S2/c1-2-29-19-10-8-17(9-11-19)14-20-22(28)25(23(30)31-20)16-21(27)24(12-13-26)15-18-6-4-3-5-7-18/h3-11,14,26H,2,12-13,15-16H2,1H3. The van der Waals surface area contributed by atoms with Crippen molar-refractivity contribution in [2.24, 2.45) is 0 Å². The first-order valence-electron chi connectivity index (χ1n) is 9.92. The van der Waals surface area contributed by atoms with Gasteiger partial charge in [-0.05, 0) is 36.3 Å². The maximum Gasteiger partial charge on any atom is 0.266 e. The summed E-state index contributed by atoms with van der Waals surface area (Å²) in [4.78, 5) is 29.1. The number of ether oxygens (including phenoxy) is 1. The van der Waals surface area contributed by atoms with Crippen molar-refractivity contribution in [3.05, 3.63) is 70.6 Å². The van der Waals surface area contributed by atoms with Crippen LogP contribution in [0.1, 0.15) is 18.1 Å². The molecule has 2 aromatic rings. The minimum atomic E-state index is -0.291. The van der Waals surface area contributed by atoms with Crippen LogP contribution in [0.3, 0.4) is 0 Å². The van der Waals surface area contributed by atoms with Crippen molar-refractivity contribution < 1.29 is 19.4 Å². The largest absolute Gasteiger partial charge is 0.494 e. The maximum atomic E-state index is 12.9. The van der Waals surface area contributed by atoms with Gasteiger partial charge in [0.2, 0.25) is 5.91 Å². The van der Waals surface area contributed by atoms with E-state index in [0.29, 0.717) is 22.4 Å². The van der Waals surface area contributed by atoms with E-state index in [2.05, 4.69) is 0 Å². The molecule has 0 radical (unpaired) electrons. The Kier molecular flexibility index (Phi) is 8.22. The fourth-order valence-corrected chi connectivity index (χ4v) is 4.32. The van der Waals surface area contributed by atoms with Gasteiger partial charge in [-0.25, -0.2) is 0 Å². The number of carbonyl (C=O) groups excluding carboxylic acids is 2. The molecule has 0 atom stereocenters. The molecule has 1 aliphatic rings. The lowest BCUT2D eigenvalue weighted by atomic mass is 10.2. The fraction of sp³-hybridized carbons (Fsp3) is 0.261. The van der Waals surface area contributed by atoms with E-state index >= 15 is 0 Å². The number of benzene rings is 2. The second kappa shape index (κ2) is 11.1. The molecule has 162 valence electrons. The van der Waals surface area contributed by atoms with Crippen molar-refractivity contribution in [1.29, 1.82) is 0 Å². The summed E-state index contributed by atoms with van der Waals surface area (Å²) in [6.45, 7) is 2.74. The second-order valence-corrected chi connectivity index (χ2v) is 8.47. The highest BCUT2D eigenvalue weighted by atomic mass is 32.2. The number of thioether (sulfide) groups is 1. The van der Waals surface area contributed by atoms with E-state index in [1.165, 1.54) is 21.6 Å². The third-order valence-corrected chi connectivity index (χ3v) is 5.97. The smallest absolute Gasteiger partial charge is 0.266 e. The number of amides is 2. The summed E-state index contributed by atoms with van der Waals surface area (Å²) in [6, 6.07) is 16.9. The summed E-state index contributed by atoms with van der Waals surface area (Å²) in [7, 11) is 0. The Balaban J connectivity index is 1.68. The van der Waals surface area contributed by atoms with Crippen LogP contribution in [0.4, 0.5) is 0 Å². The Hall–Kier alpha value is -2.68. The predicted molar refractivity (Wildman–Crippen MR) is 126 cm³/mol. The lowest BCUT2D eigenvalue weighted by molar-refractivity contribution is -0.136. The van der Waals surface area contributed by atoms with Gasteiger partial charge in [0.15, 0.2) is 0 Å². The molecule has 0 spiro atoms. The number of nitrogens with zero attached hydrogens (tertiary/aromatic N) is 2. The van der Waals surface area contributed by atoms with Crippen molar-refractivity contribution >= 4 is 46.2 Å². The first kappa shape index (κ1) is 23.0. The fourth-order valence-electron chi connectivity index (χ4n) is 3.07. The average Bonchev–Trinajstić information content (AvgIpc) is 3.03. The van der Waals surface area contributed by atoms with Gasteiger partial charge < -0.3 is 14.7 Å². The molecule has 3 rings (SSSR count). The highest BCUT2D eigenvalue weighted by Crippen LogP contribution is 2.32. The molecule has 0 saturated carbocycles. The molecule has 0 unspecified atom stereocenters. The van der Waals surface area contributed by atoms with Gasteiger partial charge in [0.25, 0.3) is 5.91 Å². The van der Waals surface area contributed by atoms with E-state index < -0.39 is 0 Å². The van der Waals surface area contributed by atoms with Crippen LogP contribution < -0.4 is 4.74 Å². The van der Waals surface area contributed by atoms with Gasteiger partial charge in [0.1, 0.15) is 16.6 Å². The molecule has 2 amide bonds. The van der Waals surface area contributed by atoms with Gasteiger partial charge in [-0.15, -0.1) is 0 Å². The van der Waals surface area contributed by atoms with E-state index in [0.717, 1.165) is 16.9 Å². The molecule has 1 heterocycles. The van der Waals surface area contributed by atoms with Gasteiger partial charge >= 0.3 is 0 Å². The molecular weight excluding hydrogens is 432 g/mol. The summed E-state index contributed by atoms with van der Waals surface area (Å²) in [5, 5.41) is 9.37. The monoisotopic (exact) mass is 456 g/mol. The second-order valence-electron chi connectivity index (χ2n) is 6.79. The van der Waals surface area contributed by atoms with Crippen LogP contribution in [0, 0.1) is 0 Å². The summed E-state index contributed by atoms with van der Waals surface area (Å²) >= 11 is 6.53. The zero-order chi connectivity index (χ0) is 22.2. The summed E-state index contributed by atoms with van der Waals surface area (Å²) in [6.07, 6.45) is 1.76. The highest BCUT2D eigenvalue weighted by Gasteiger charge is 2.34. The number of rotatable bonds is 9. The van der Waals surface area contributed by atoms with Crippen LogP contribution in [-0.2, 0) is 16.1 Å². The molecule has 1 fully saturated rings. The number of thiocarbonyl (C=S) groups is 1. The summed E-state index contributed by atoms with van der Waals surface area (Å²) in [5.74, 6) is 0.206. The van der Waals surface area contributed by atoms with E-state index in [4.69, 9.17) is 17.0 Å². The molecule has 6 nitrogen and oxygen atoms in total. The zero-order valence-corrected chi connectivity index (χ0v) is 18.8. The van der Waals surface area contributed by atoms with Gasteiger partial charge in [-0.1, -0.05) is 66.4 Å². The third kappa shape index (κ3) is 6.16. The number of aliphatic hydroxyl groups is 1. The topological polar surface area (TPSA) is 70.1 Å². The van der Waals surface area contributed by atoms with Crippen molar-refractivity contribution in [2.45, 2.75) is 13.5 Å². The molecule has 1 saturated heterocycles. The molecule has 0 aromatic heterocycles. The molecule has 31 heavy (non-hydrogen) atoms. The lowest BCUT2D eigenvalue weighted by Gasteiger charge is -2.24. The van der Waals surface area contributed by atoms with E-state index in [1.54, 1.807) is 6.08 Å². The van der Waals surface area contributed by atoms with Crippen molar-refractivity contribution in [3.63, 3.8) is 0 Å². The Morgan fingerprint density at radius 1 is 1.19 bits per heavy atom. The Labute approximate surface area is 191 Å². The van der Waals surface area contributed by atoms with Crippen LogP contribution >= 0.6 is 24.0 Å². The van der Waals surface area contributed by atoms with Gasteiger partial charge in [0.05, 0.1) is 18.1 Å². The minimum Gasteiger partial charge on any atom is -0.494 e. The van der Waals surface area contributed by atoms with Crippen LogP contribution in [0.15, 0.2) is 59.5 Å². The first-order chi connectivity index (χ1) is 15.0. The third-order valence-electron chi connectivity index (χ3n) is 4.59. The quantitative estimate of drug-likeness (QED) is 0.461. The van der Waals surface area contributed by atoms with E-state index in [1.807, 2.05) is 61.5 Å². The van der Waals surface area contributed by atoms with Gasteiger partial charge in [-0.3, -0.25) is 14.5 Å². The zero-order valence-electron chi connectivity index (χ0n) is 17.2. The van der Waals surface area contributed by atoms with Gasteiger partial charge in [-0.2, -0.15) is 0 Å². The number of hydrogen-bond acceptors (Lipinski definition) is 6. The first-order valence-corrected chi connectivity index (χ1v) is 11.1. The minimum absolute atomic E-state index is 0.155. The van der Waals surface area contributed by atoms with Crippen molar-refractivity contribution in [1.82, 2.24) is 9.80 Å². The number of hydrogen-bond donors (Lipinski definition) is 1. The molecular formula is C23H24N2O4S2. The molecule has 2 aromatic carbocycles. The van der Waals surface area contributed by atoms with Crippen LogP contribution in [0.2, 0.25) is 0 Å². The maximum absolute atomic E-state index is 12.9. The van der Waals surface area contributed by atoms with Crippen molar-refractivity contribution in [2.75, 3.05) is 26.3 Å². The molecule has 8 heteroatoms. The van der Waals surface area contributed by atoms with Crippen LogP contribution in [0.25, 0.3) is 6.08 Å². The van der Waals surface area contributed by atoms with Crippen molar-refractivity contribution in [3.8, 4) is 5.75 Å². The molecule has 1 N–H and O–H groups in total. The SMILES string of the molecule is CCOc1ccc(C=C2SC(=S)N(CC(=O)N(CCO)Cc3ccccc3)C2=O)cc1. The highest BCUT2D eigenvalue weighted by molar-refractivity contribution is 8.26. The Bertz CT molecular complexity index is 961. The van der Waals surface area contributed by atoms with Crippen LogP contribution in [-0.4, -0.2) is 57.3 Å². The van der Waals surface area contributed by atoms with E-state index in [9.17, 15) is 14.7 Å². The normalized spacial score (nSPS) is 14.9. The molecule has 0 aliphatic carbocycles. The number of carbonyl (C=O) groups is 2. The van der Waals surface area contributed by atoms with E-state index in [-0.39, 0.29) is 31.5 Å². The summed E-state index contributed by atoms with van der Waals surface area (Å²) in [5.41, 5.74) is 1.80. The molecule has 0 bridgehead atoms. The lowest BCUT2D eigenvalue weighted by Crippen LogP contribution is -2.42. The Morgan fingerprint density at radius 3 is 2.55 bits per heavy atom. The van der Waals surface area contributed by atoms with Gasteiger partial charge in [0, 0.05) is 13.1 Å².